The molecule has 1 heterocycles. The van der Waals surface area contributed by atoms with E-state index in [9.17, 15) is 4.79 Å². The minimum absolute atomic E-state index is 0.00491. The van der Waals surface area contributed by atoms with Crippen LogP contribution in [0.25, 0.3) is 0 Å². The van der Waals surface area contributed by atoms with Gasteiger partial charge >= 0.3 is 0 Å². The highest BCUT2D eigenvalue weighted by Crippen LogP contribution is 2.26. The predicted molar refractivity (Wildman–Crippen MR) is 58.6 cm³/mol. The summed E-state index contributed by atoms with van der Waals surface area (Å²) < 4.78 is 10.8. The fourth-order valence-electron chi connectivity index (χ4n) is 1.89. The van der Waals surface area contributed by atoms with Gasteiger partial charge in [0.05, 0.1) is 6.61 Å². The Morgan fingerprint density at radius 1 is 1.53 bits per heavy atom. The molecule has 0 N–H and O–H groups in total. The molecular formula is C12H20O3. The largest absolute Gasteiger partial charge is 0.490 e. The van der Waals surface area contributed by atoms with E-state index in [1.165, 1.54) is 0 Å². The summed E-state index contributed by atoms with van der Waals surface area (Å²) in [4.78, 5) is 12.2. The molecule has 0 aromatic carbocycles. The number of allylic oxidation sites excluding steroid dienone is 1. The smallest absolute Gasteiger partial charge is 0.228 e. The summed E-state index contributed by atoms with van der Waals surface area (Å²) in [7, 11) is 1.59. The second-order valence-electron chi connectivity index (χ2n) is 3.79. The van der Waals surface area contributed by atoms with Gasteiger partial charge in [0, 0.05) is 7.11 Å². The number of rotatable bonds is 5. The van der Waals surface area contributed by atoms with E-state index in [-0.39, 0.29) is 5.78 Å². The molecule has 0 bridgehead atoms. The first-order chi connectivity index (χ1) is 7.20. The molecule has 1 aliphatic heterocycles. The lowest BCUT2D eigenvalue weighted by Crippen LogP contribution is -2.41. The average Bonchev–Trinajstić information content (AvgIpc) is 2.33. The van der Waals surface area contributed by atoms with E-state index in [0.717, 1.165) is 12.8 Å². The number of ketones is 1. The zero-order valence-corrected chi connectivity index (χ0v) is 9.84. The van der Waals surface area contributed by atoms with Gasteiger partial charge in [0.2, 0.25) is 5.78 Å². The van der Waals surface area contributed by atoms with Crippen LogP contribution in [0.4, 0.5) is 0 Å². The van der Waals surface area contributed by atoms with Crippen molar-refractivity contribution in [3.8, 4) is 0 Å². The summed E-state index contributed by atoms with van der Waals surface area (Å²) in [5.41, 5.74) is -0.691. The van der Waals surface area contributed by atoms with Gasteiger partial charge in [-0.05, 0) is 31.8 Å². The third kappa shape index (κ3) is 2.40. The van der Waals surface area contributed by atoms with Gasteiger partial charge in [-0.15, -0.1) is 0 Å². The number of carbonyl (C=O) groups is 1. The fraction of sp³-hybridized carbons (Fsp3) is 0.750. The van der Waals surface area contributed by atoms with Crippen LogP contribution in [0.2, 0.25) is 0 Å². The highest BCUT2D eigenvalue weighted by molar-refractivity contribution is 6.00. The van der Waals surface area contributed by atoms with Crippen molar-refractivity contribution in [3.63, 3.8) is 0 Å². The lowest BCUT2D eigenvalue weighted by atomic mass is 9.90. The van der Waals surface area contributed by atoms with E-state index in [2.05, 4.69) is 0 Å². The van der Waals surface area contributed by atoms with Crippen LogP contribution in [0.1, 0.15) is 39.5 Å². The van der Waals surface area contributed by atoms with Crippen LogP contribution in [0.5, 0.6) is 0 Å². The number of Topliss-reactive ketones (excluding diaryl/α,β-unsaturated/α-hetero) is 1. The van der Waals surface area contributed by atoms with Crippen molar-refractivity contribution in [2.24, 2.45) is 0 Å². The van der Waals surface area contributed by atoms with Crippen LogP contribution in [-0.2, 0) is 14.3 Å². The second kappa shape index (κ2) is 5.31. The van der Waals surface area contributed by atoms with Crippen molar-refractivity contribution in [2.75, 3.05) is 13.7 Å². The number of hydrogen-bond acceptors (Lipinski definition) is 3. The van der Waals surface area contributed by atoms with Crippen molar-refractivity contribution >= 4 is 5.78 Å². The van der Waals surface area contributed by atoms with Crippen molar-refractivity contribution in [1.29, 1.82) is 0 Å². The summed E-state index contributed by atoms with van der Waals surface area (Å²) in [6.45, 7) is 4.58. The summed E-state index contributed by atoms with van der Waals surface area (Å²) in [6.07, 6.45) is 5.16. The highest BCUT2D eigenvalue weighted by atomic mass is 16.5. The van der Waals surface area contributed by atoms with Crippen molar-refractivity contribution in [1.82, 2.24) is 0 Å². The Balaban J connectivity index is 2.84. The molecule has 86 valence electrons. The molecule has 1 aliphatic rings. The third-order valence-corrected chi connectivity index (χ3v) is 3.11. The Hall–Kier alpha value is -0.830. The number of ether oxygens (including phenoxy) is 2. The molecular weight excluding hydrogens is 192 g/mol. The maximum absolute atomic E-state index is 12.2. The van der Waals surface area contributed by atoms with Gasteiger partial charge in [0.1, 0.15) is 5.60 Å². The Morgan fingerprint density at radius 3 is 2.60 bits per heavy atom. The number of methoxy groups -OCH3 is 1. The quantitative estimate of drug-likeness (QED) is 0.702. The normalized spacial score (nSPS) is 16.9. The molecule has 0 spiro atoms. The molecule has 3 nitrogen and oxygen atoms in total. The Kier molecular flexibility index (Phi) is 4.33. The maximum atomic E-state index is 12.2. The van der Waals surface area contributed by atoms with Crippen LogP contribution in [-0.4, -0.2) is 25.1 Å². The molecule has 0 fully saturated rings. The Morgan fingerprint density at radius 2 is 2.20 bits per heavy atom. The van der Waals surface area contributed by atoms with Crippen molar-refractivity contribution in [3.05, 3.63) is 11.8 Å². The zero-order chi connectivity index (χ0) is 11.3. The number of hydrogen-bond donors (Lipinski definition) is 0. The highest BCUT2D eigenvalue weighted by Gasteiger charge is 2.37. The van der Waals surface area contributed by atoms with E-state index >= 15 is 0 Å². The SMILES string of the molecule is CCC(CC)(OC)C(=O)C1=CCCCO1. The molecule has 0 aromatic rings. The zero-order valence-electron chi connectivity index (χ0n) is 9.84. The first kappa shape index (κ1) is 12.2. The molecule has 0 aromatic heterocycles. The van der Waals surface area contributed by atoms with Gasteiger partial charge in [0.15, 0.2) is 5.76 Å². The van der Waals surface area contributed by atoms with Crippen molar-refractivity contribution < 1.29 is 14.3 Å². The average molecular weight is 212 g/mol. The first-order valence-corrected chi connectivity index (χ1v) is 5.63. The van der Waals surface area contributed by atoms with Crippen molar-refractivity contribution in [2.45, 2.75) is 45.1 Å². The predicted octanol–water partition coefficient (Wildman–Crippen LogP) is 2.46. The lowest BCUT2D eigenvalue weighted by molar-refractivity contribution is -0.141. The Bertz CT molecular complexity index is 243. The van der Waals surface area contributed by atoms with Crippen LogP contribution >= 0.6 is 0 Å². The summed E-state index contributed by atoms with van der Waals surface area (Å²) in [6, 6.07) is 0. The van der Waals surface area contributed by atoms with Gasteiger partial charge < -0.3 is 9.47 Å². The molecule has 1 rings (SSSR count). The van der Waals surface area contributed by atoms with E-state index in [1.807, 2.05) is 19.9 Å². The maximum Gasteiger partial charge on any atom is 0.228 e. The number of carbonyl (C=O) groups excluding carboxylic acids is 1. The molecule has 0 saturated heterocycles. The second-order valence-corrected chi connectivity index (χ2v) is 3.79. The van der Waals surface area contributed by atoms with Crippen LogP contribution in [0.3, 0.4) is 0 Å². The molecule has 0 amide bonds. The van der Waals surface area contributed by atoms with Gasteiger partial charge in [0.25, 0.3) is 0 Å². The topological polar surface area (TPSA) is 35.5 Å². The summed E-state index contributed by atoms with van der Waals surface area (Å²) in [5, 5.41) is 0. The van der Waals surface area contributed by atoms with Gasteiger partial charge in [-0.25, -0.2) is 0 Å². The first-order valence-electron chi connectivity index (χ1n) is 5.63. The molecule has 0 saturated carbocycles. The van der Waals surface area contributed by atoms with E-state index in [1.54, 1.807) is 7.11 Å². The third-order valence-electron chi connectivity index (χ3n) is 3.11. The van der Waals surface area contributed by atoms with Gasteiger partial charge in [-0.1, -0.05) is 13.8 Å². The minimum atomic E-state index is -0.691. The van der Waals surface area contributed by atoms with E-state index in [0.29, 0.717) is 25.2 Å². The standard InChI is InChI=1S/C12H20O3/c1-4-12(5-2,14-3)11(13)10-8-6-7-9-15-10/h8H,4-7,9H2,1-3H3. The summed E-state index contributed by atoms with van der Waals surface area (Å²) in [5.74, 6) is 0.488. The lowest BCUT2D eigenvalue weighted by Gasteiger charge is -2.30. The van der Waals surface area contributed by atoms with E-state index < -0.39 is 5.60 Å². The van der Waals surface area contributed by atoms with Crippen LogP contribution in [0, 0.1) is 0 Å². The van der Waals surface area contributed by atoms with Crippen LogP contribution < -0.4 is 0 Å². The molecule has 0 radical (unpaired) electrons. The minimum Gasteiger partial charge on any atom is -0.490 e. The van der Waals surface area contributed by atoms with Crippen LogP contribution in [0.15, 0.2) is 11.8 Å². The van der Waals surface area contributed by atoms with Gasteiger partial charge in [-0.3, -0.25) is 4.79 Å². The fourth-order valence-corrected chi connectivity index (χ4v) is 1.89. The molecule has 3 heteroatoms. The molecule has 15 heavy (non-hydrogen) atoms. The monoisotopic (exact) mass is 212 g/mol. The van der Waals surface area contributed by atoms with E-state index in [4.69, 9.17) is 9.47 Å². The van der Waals surface area contributed by atoms with Gasteiger partial charge in [-0.2, -0.15) is 0 Å². The summed E-state index contributed by atoms with van der Waals surface area (Å²) >= 11 is 0. The molecule has 0 atom stereocenters. The molecule has 0 unspecified atom stereocenters. The molecule has 0 aliphatic carbocycles. The Labute approximate surface area is 91.4 Å².